The fraction of sp³-hybridized carbons (Fsp3) is 0. The van der Waals surface area contributed by atoms with Gasteiger partial charge in [-0.3, -0.25) is 9.78 Å². The standard InChI is InChI=1S/C14H11NO/c16-14(13-4-2-1-3-5-13)7-6-12-8-10-15-11-9-12/h1-11H/b7-6-. The summed E-state index contributed by atoms with van der Waals surface area (Å²) in [5.74, 6) is 0.0115. The van der Waals surface area contributed by atoms with Crippen LogP contribution < -0.4 is 0 Å². The zero-order chi connectivity index (χ0) is 11.2. The minimum atomic E-state index is 0.0115. The Morgan fingerprint density at radius 3 is 2.38 bits per heavy atom. The Morgan fingerprint density at radius 2 is 1.69 bits per heavy atom. The lowest BCUT2D eigenvalue weighted by atomic mass is 10.1. The van der Waals surface area contributed by atoms with Crippen molar-refractivity contribution in [3.8, 4) is 0 Å². The minimum Gasteiger partial charge on any atom is -0.289 e. The molecule has 2 heteroatoms. The van der Waals surface area contributed by atoms with Gasteiger partial charge in [0.15, 0.2) is 5.78 Å². The Morgan fingerprint density at radius 1 is 1.00 bits per heavy atom. The number of hydrogen-bond donors (Lipinski definition) is 0. The van der Waals surface area contributed by atoms with E-state index in [1.165, 1.54) is 0 Å². The molecule has 0 unspecified atom stereocenters. The van der Waals surface area contributed by atoms with Crippen molar-refractivity contribution >= 4 is 11.9 Å². The molecule has 0 radical (unpaired) electrons. The van der Waals surface area contributed by atoms with Crippen molar-refractivity contribution in [1.82, 2.24) is 4.98 Å². The molecule has 0 spiro atoms. The molecule has 2 aromatic rings. The first-order chi connectivity index (χ1) is 7.86. The molecule has 0 aliphatic carbocycles. The average molecular weight is 209 g/mol. The molecule has 1 heterocycles. The quantitative estimate of drug-likeness (QED) is 0.574. The predicted octanol–water partition coefficient (Wildman–Crippen LogP) is 2.98. The van der Waals surface area contributed by atoms with Crippen LogP contribution in [-0.2, 0) is 0 Å². The van der Waals surface area contributed by atoms with E-state index in [1.807, 2.05) is 30.3 Å². The molecule has 0 amide bonds. The third kappa shape index (κ3) is 2.64. The summed E-state index contributed by atoms with van der Waals surface area (Å²) in [5.41, 5.74) is 1.67. The summed E-state index contributed by atoms with van der Waals surface area (Å²) in [7, 11) is 0. The summed E-state index contributed by atoms with van der Waals surface area (Å²) < 4.78 is 0. The first-order valence-electron chi connectivity index (χ1n) is 5.04. The zero-order valence-corrected chi connectivity index (χ0v) is 8.71. The molecule has 0 fully saturated rings. The second-order valence-electron chi connectivity index (χ2n) is 3.34. The highest BCUT2D eigenvalue weighted by molar-refractivity contribution is 6.06. The van der Waals surface area contributed by atoms with Crippen LogP contribution in [0.25, 0.3) is 6.08 Å². The maximum atomic E-state index is 11.7. The van der Waals surface area contributed by atoms with Crippen LogP contribution in [0.4, 0.5) is 0 Å². The molecule has 16 heavy (non-hydrogen) atoms. The van der Waals surface area contributed by atoms with Crippen molar-refractivity contribution < 1.29 is 4.79 Å². The lowest BCUT2D eigenvalue weighted by molar-refractivity contribution is 0.104. The number of allylic oxidation sites excluding steroid dienone is 1. The zero-order valence-electron chi connectivity index (χ0n) is 8.71. The molecule has 78 valence electrons. The number of rotatable bonds is 3. The van der Waals surface area contributed by atoms with E-state index in [4.69, 9.17) is 0 Å². The molecule has 1 aromatic carbocycles. The molecule has 0 aliphatic rings. The molecule has 0 N–H and O–H groups in total. The molecular weight excluding hydrogens is 198 g/mol. The number of pyridine rings is 1. The van der Waals surface area contributed by atoms with Gasteiger partial charge >= 0.3 is 0 Å². The van der Waals surface area contributed by atoms with E-state index in [2.05, 4.69) is 4.98 Å². The van der Waals surface area contributed by atoms with Gasteiger partial charge in [0, 0.05) is 18.0 Å². The molecule has 2 rings (SSSR count). The molecule has 1 aromatic heterocycles. The summed E-state index contributed by atoms with van der Waals surface area (Å²) in [5, 5.41) is 0. The van der Waals surface area contributed by atoms with Gasteiger partial charge in [0.25, 0.3) is 0 Å². The van der Waals surface area contributed by atoms with Crippen molar-refractivity contribution in [1.29, 1.82) is 0 Å². The van der Waals surface area contributed by atoms with Crippen LogP contribution in [-0.4, -0.2) is 10.8 Å². The molecule has 2 nitrogen and oxygen atoms in total. The highest BCUT2D eigenvalue weighted by Crippen LogP contribution is 2.04. The lowest BCUT2D eigenvalue weighted by Crippen LogP contribution is -1.92. The summed E-state index contributed by atoms with van der Waals surface area (Å²) >= 11 is 0. The fourth-order valence-corrected chi connectivity index (χ4v) is 1.35. The number of nitrogens with zero attached hydrogens (tertiary/aromatic N) is 1. The van der Waals surface area contributed by atoms with Gasteiger partial charge in [-0.05, 0) is 23.8 Å². The largest absolute Gasteiger partial charge is 0.289 e. The Labute approximate surface area is 94.3 Å². The molecule has 0 aliphatic heterocycles. The van der Waals surface area contributed by atoms with Gasteiger partial charge in [-0.2, -0.15) is 0 Å². The van der Waals surface area contributed by atoms with Crippen LogP contribution in [0.2, 0.25) is 0 Å². The van der Waals surface area contributed by atoms with Gasteiger partial charge < -0.3 is 0 Å². The van der Waals surface area contributed by atoms with Crippen LogP contribution >= 0.6 is 0 Å². The number of carbonyl (C=O) groups excluding carboxylic acids is 1. The minimum absolute atomic E-state index is 0.0115. The van der Waals surface area contributed by atoms with Crippen molar-refractivity contribution in [2.24, 2.45) is 0 Å². The van der Waals surface area contributed by atoms with E-state index in [1.54, 1.807) is 36.7 Å². The van der Waals surface area contributed by atoms with E-state index in [0.29, 0.717) is 5.56 Å². The van der Waals surface area contributed by atoms with Crippen molar-refractivity contribution in [2.45, 2.75) is 0 Å². The molecule has 0 saturated heterocycles. The maximum Gasteiger partial charge on any atom is 0.185 e. The Hall–Kier alpha value is -2.22. The van der Waals surface area contributed by atoms with Gasteiger partial charge in [-0.25, -0.2) is 0 Å². The van der Waals surface area contributed by atoms with Gasteiger partial charge in [0.05, 0.1) is 0 Å². The maximum absolute atomic E-state index is 11.7. The van der Waals surface area contributed by atoms with Crippen LogP contribution in [0, 0.1) is 0 Å². The van der Waals surface area contributed by atoms with Crippen LogP contribution in [0.15, 0.2) is 60.9 Å². The van der Waals surface area contributed by atoms with E-state index in [9.17, 15) is 4.79 Å². The Bertz CT molecular complexity index is 489. The van der Waals surface area contributed by atoms with Crippen LogP contribution in [0.5, 0.6) is 0 Å². The summed E-state index contributed by atoms with van der Waals surface area (Å²) in [4.78, 5) is 15.6. The second-order valence-corrected chi connectivity index (χ2v) is 3.34. The number of aromatic nitrogens is 1. The van der Waals surface area contributed by atoms with Gasteiger partial charge in [0.2, 0.25) is 0 Å². The normalized spacial score (nSPS) is 10.5. The highest BCUT2D eigenvalue weighted by Gasteiger charge is 1.98. The third-order valence-electron chi connectivity index (χ3n) is 2.19. The van der Waals surface area contributed by atoms with E-state index < -0.39 is 0 Å². The first kappa shape index (κ1) is 10.3. The number of ketones is 1. The van der Waals surface area contributed by atoms with Gasteiger partial charge in [-0.1, -0.05) is 36.4 Å². The number of carbonyl (C=O) groups is 1. The Kier molecular flexibility index (Phi) is 3.24. The van der Waals surface area contributed by atoms with E-state index >= 15 is 0 Å². The third-order valence-corrected chi connectivity index (χ3v) is 2.19. The van der Waals surface area contributed by atoms with Crippen molar-refractivity contribution in [2.75, 3.05) is 0 Å². The summed E-state index contributed by atoms with van der Waals surface area (Å²) in [6.45, 7) is 0. The SMILES string of the molecule is O=C(/C=C\c1ccncc1)c1ccccc1. The van der Waals surface area contributed by atoms with E-state index in [-0.39, 0.29) is 5.78 Å². The average Bonchev–Trinajstić information content (AvgIpc) is 2.38. The van der Waals surface area contributed by atoms with E-state index in [0.717, 1.165) is 5.56 Å². The van der Waals surface area contributed by atoms with Crippen molar-refractivity contribution in [3.05, 3.63) is 72.1 Å². The van der Waals surface area contributed by atoms with Gasteiger partial charge in [-0.15, -0.1) is 0 Å². The van der Waals surface area contributed by atoms with Crippen LogP contribution in [0.3, 0.4) is 0 Å². The molecule has 0 bridgehead atoms. The summed E-state index contributed by atoms with van der Waals surface area (Å²) in [6, 6.07) is 12.9. The molecular formula is C14H11NO. The second kappa shape index (κ2) is 5.03. The Balaban J connectivity index is 2.12. The van der Waals surface area contributed by atoms with Crippen LogP contribution in [0.1, 0.15) is 15.9 Å². The molecule has 0 atom stereocenters. The monoisotopic (exact) mass is 209 g/mol. The fourth-order valence-electron chi connectivity index (χ4n) is 1.35. The predicted molar refractivity (Wildman–Crippen MR) is 64.0 cm³/mol. The highest BCUT2D eigenvalue weighted by atomic mass is 16.1. The number of benzene rings is 1. The first-order valence-corrected chi connectivity index (χ1v) is 5.04. The molecule has 0 saturated carbocycles. The number of hydrogen-bond acceptors (Lipinski definition) is 2. The van der Waals surface area contributed by atoms with Crippen molar-refractivity contribution in [3.63, 3.8) is 0 Å². The topological polar surface area (TPSA) is 30.0 Å². The van der Waals surface area contributed by atoms with Gasteiger partial charge in [0.1, 0.15) is 0 Å². The smallest absolute Gasteiger partial charge is 0.185 e. The lowest BCUT2D eigenvalue weighted by Gasteiger charge is -1.94. The summed E-state index contributed by atoms with van der Waals surface area (Å²) in [6.07, 6.45) is 6.76.